The first kappa shape index (κ1) is 22.4. The van der Waals surface area contributed by atoms with Crippen LogP contribution in [-0.4, -0.2) is 52.6 Å². The maximum atomic E-state index is 12.4. The van der Waals surface area contributed by atoms with E-state index in [1.165, 1.54) is 19.2 Å². The Morgan fingerprint density at radius 1 is 1.06 bits per heavy atom. The van der Waals surface area contributed by atoms with Crippen LogP contribution >= 0.6 is 0 Å². The van der Waals surface area contributed by atoms with Crippen molar-refractivity contribution in [3.8, 4) is 16.9 Å². The van der Waals surface area contributed by atoms with Gasteiger partial charge in [0, 0.05) is 11.1 Å². The predicted molar refractivity (Wildman–Crippen MR) is 113 cm³/mol. The molecule has 31 heavy (non-hydrogen) atoms. The van der Waals surface area contributed by atoms with Gasteiger partial charge < -0.3 is 35.0 Å². The van der Waals surface area contributed by atoms with Gasteiger partial charge in [0.2, 0.25) is 0 Å². The zero-order valence-corrected chi connectivity index (χ0v) is 17.7. The van der Waals surface area contributed by atoms with Crippen molar-refractivity contribution in [1.29, 1.82) is 0 Å². The van der Waals surface area contributed by atoms with E-state index in [1.54, 1.807) is 6.07 Å². The highest BCUT2D eigenvalue weighted by Crippen LogP contribution is 2.38. The van der Waals surface area contributed by atoms with Gasteiger partial charge in [-0.15, -0.1) is 0 Å². The number of nitrogens with one attached hydrogen (secondary N) is 1. The molecule has 11 heteroatoms. The van der Waals surface area contributed by atoms with Gasteiger partial charge in [0.1, 0.15) is 22.7 Å². The van der Waals surface area contributed by atoms with E-state index in [-0.39, 0.29) is 16.9 Å². The molecule has 0 saturated carbocycles. The molecule has 3 rings (SSSR count). The van der Waals surface area contributed by atoms with Crippen LogP contribution in [0.2, 0.25) is 0 Å². The summed E-state index contributed by atoms with van der Waals surface area (Å²) < 4.78 is 17.4. The summed E-state index contributed by atoms with van der Waals surface area (Å²) in [6.45, 7) is 7.50. The number of pyridine rings is 1. The van der Waals surface area contributed by atoms with Crippen LogP contribution < -0.4 is 21.5 Å². The molecule has 2 aromatic rings. The van der Waals surface area contributed by atoms with E-state index < -0.39 is 52.8 Å². The van der Waals surface area contributed by atoms with Crippen molar-refractivity contribution in [1.82, 2.24) is 4.98 Å². The van der Waals surface area contributed by atoms with Gasteiger partial charge in [0.15, 0.2) is 0 Å². The molecule has 2 heterocycles. The van der Waals surface area contributed by atoms with E-state index in [9.17, 15) is 24.6 Å². The summed E-state index contributed by atoms with van der Waals surface area (Å²) in [5.41, 5.74) is 2.29. The number of carboxylic acids is 2. The summed E-state index contributed by atoms with van der Waals surface area (Å²) >= 11 is 0. The van der Waals surface area contributed by atoms with Gasteiger partial charge in [-0.2, -0.15) is 0 Å². The lowest BCUT2D eigenvalue weighted by Gasteiger charge is -2.32. The molecular weight excluding hydrogens is 407 g/mol. The quantitative estimate of drug-likeness (QED) is 0.513. The first-order chi connectivity index (χ1) is 14.3. The van der Waals surface area contributed by atoms with Crippen molar-refractivity contribution < 1.29 is 33.8 Å². The predicted octanol–water partition coefficient (Wildman–Crippen LogP) is 1.33. The first-order valence-corrected chi connectivity index (χ1v) is 9.37. The molecule has 1 aromatic heterocycles. The molecule has 0 bridgehead atoms. The van der Waals surface area contributed by atoms with Crippen molar-refractivity contribution >= 4 is 30.3 Å². The van der Waals surface area contributed by atoms with Crippen molar-refractivity contribution in [3.63, 3.8) is 0 Å². The number of rotatable bonds is 5. The molecule has 0 atom stereocenters. The van der Waals surface area contributed by atoms with Crippen LogP contribution in [0.1, 0.15) is 48.4 Å². The summed E-state index contributed by atoms with van der Waals surface area (Å²) in [6.07, 6.45) is 0. The standard InChI is InChI=1S/C20H23BN2O8/c1-19(2)20(3,4)31-21(30-19)9-6-7-11(29-5)10(8-9)12-13(17(25)26)15(22)23-16(24)14(12)18(27)28/h6-8H,1-5H3,(H,25,26)(H,27,28)(H3,22,23,24). The highest BCUT2D eigenvalue weighted by Gasteiger charge is 2.51. The highest BCUT2D eigenvalue weighted by atomic mass is 16.7. The number of nitrogen functional groups attached to an aromatic ring is 1. The topological polar surface area (TPSA) is 161 Å². The number of aromatic carboxylic acids is 2. The minimum absolute atomic E-state index is 0.0577. The Bertz CT molecular complexity index is 1120. The average Bonchev–Trinajstić information content (AvgIpc) is 2.87. The molecule has 0 spiro atoms. The van der Waals surface area contributed by atoms with Gasteiger partial charge in [0.05, 0.1) is 18.3 Å². The Labute approximate surface area is 178 Å². The number of benzene rings is 1. The average molecular weight is 430 g/mol. The van der Waals surface area contributed by atoms with E-state index in [4.69, 9.17) is 19.8 Å². The molecule has 10 nitrogen and oxygen atoms in total. The monoisotopic (exact) mass is 430 g/mol. The number of nitrogens with two attached hydrogens (primary N) is 1. The third-order valence-electron chi connectivity index (χ3n) is 5.69. The van der Waals surface area contributed by atoms with Gasteiger partial charge >= 0.3 is 19.1 Å². The smallest absolute Gasteiger partial charge is 0.494 e. The molecule has 0 radical (unpaired) electrons. The Kier molecular flexibility index (Phi) is 5.37. The zero-order chi connectivity index (χ0) is 23.3. The van der Waals surface area contributed by atoms with Crippen LogP contribution in [-0.2, 0) is 9.31 Å². The van der Waals surface area contributed by atoms with Crippen LogP contribution in [0.5, 0.6) is 5.75 Å². The van der Waals surface area contributed by atoms with Crippen LogP contribution in [0.3, 0.4) is 0 Å². The molecule has 164 valence electrons. The molecule has 1 saturated heterocycles. The number of carboxylic acid groups (broad SMARTS) is 2. The third kappa shape index (κ3) is 3.66. The van der Waals surface area contributed by atoms with E-state index in [1.807, 2.05) is 27.7 Å². The van der Waals surface area contributed by atoms with E-state index >= 15 is 0 Å². The van der Waals surface area contributed by atoms with Crippen LogP contribution in [0.15, 0.2) is 23.0 Å². The Morgan fingerprint density at radius 2 is 1.61 bits per heavy atom. The second kappa shape index (κ2) is 7.43. The third-order valence-corrected chi connectivity index (χ3v) is 5.69. The fourth-order valence-electron chi connectivity index (χ4n) is 3.36. The first-order valence-electron chi connectivity index (χ1n) is 9.37. The SMILES string of the molecule is COc1ccc(B2OC(C)(C)C(C)(C)O2)cc1-c1c(C(=O)O)c(N)[nH]c(=O)c1C(=O)O. The second-order valence-electron chi connectivity index (χ2n) is 8.15. The summed E-state index contributed by atoms with van der Waals surface area (Å²) in [5, 5.41) is 19.3. The molecule has 5 N–H and O–H groups in total. The molecule has 0 unspecified atom stereocenters. The number of ether oxygens (including phenoxy) is 1. The lowest BCUT2D eigenvalue weighted by atomic mass is 9.77. The lowest BCUT2D eigenvalue weighted by molar-refractivity contribution is 0.00578. The number of anilines is 1. The number of hydrogen-bond acceptors (Lipinski definition) is 7. The summed E-state index contributed by atoms with van der Waals surface area (Å²) in [5.74, 6) is -3.44. The number of H-pyrrole nitrogens is 1. The van der Waals surface area contributed by atoms with Crippen LogP contribution in [0.4, 0.5) is 5.82 Å². The molecule has 1 aromatic carbocycles. The summed E-state index contributed by atoms with van der Waals surface area (Å²) in [4.78, 5) is 38.2. The van der Waals surface area contributed by atoms with Gasteiger partial charge in [-0.1, -0.05) is 12.1 Å². The fourth-order valence-corrected chi connectivity index (χ4v) is 3.36. The van der Waals surface area contributed by atoms with Crippen LogP contribution in [0.25, 0.3) is 11.1 Å². The Morgan fingerprint density at radius 3 is 2.10 bits per heavy atom. The second-order valence-corrected chi connectivity index (χ2v) is 8.15. The molecular formula is C20H23BN2O8. The molecule has 0 aliphatic carbocycles. The Hall–Kier alpha value is -3.31. The number of carbonyl (C=O) groups is 2. The maximum absolute atomic E-state index is 12.4. The van der Waals surface area contributed by atoms with Crippen molar-refractivity contribution in [2.45, 2.75) is 38.9 Å². The normalized spacial score (nSPS) is 16.9. The summed E-state index contributed by atoms with van der Waals surface area (Å²) in [7, 11) is 0.528. The molecule has 0 amide bonds. The zero-order valence-electron chi connectivity index (χ0n) is 17.7. The van der Waals surface area contributed by atoms with E-state index in [0.29, 0.717) is 5.46 Å². The lowest BCUT2D eigenvalue weighted by Crippen LogP contribution is -2.41. The number of hydrogen-bond donors (Lipinski definition) is 4. The minimum Gasteiger partial charge on any atom is -0.496 e. The number of aromatic nitrogens is 1. The number of methoxy groups -OCH3 is 1. The van der Waals surface area contributed by atoms with Crippen molar-refractivity contribution in [2.24, 2.45) is 0 Å². The molecule has 1 fully saturated rings. The van der Waals surface area contributed by atoms with Gasteiger partial charge in [0.25, 0.3) is 5.56 Å². The Balaban J connectivity index is 2.32. The largest absolute Gasteiger partial charge is 0.496 e. The van der Waals surface area contributed by atoms with Gasteiger partial charge in [-0.3, -0.25) is 4.79 Å². The minimum atomic E-state index is -1.61. The van der Waals surface area contributed by atoms with Crippen molar-refractivity contribution in [2.75, 3.05) is 12.8 Å². The highest BCUT2D eigenvalue weighted by molar-refractivity contribution is 6.62. The van der Waals surface area contributed by atoms with Gasteiger partial charge in [-0.05, 0) is 39.2 Å². The van der Waals surface area contributed by atoms with E-state index in [0.717, 1.165) is 0 Å². The van der Waals surface area contributed by atoms with Crippen LogP contribution in [0, 0.1) is 0 Å². The maximum Gasteiger partial charge on any atom is 0.494 e. The van der Waals surface area contributed by atoms with Gasteiger partial charge in [-0.25, -0.2) is 9.59 Å². The number of aromatic amines is 1. The summed E-state index contributed by atoms with van der Waals surface area (Å²) in [6, 6.07) is 4.65. The van der Waals surface area contributed by atoms with E-state index in [2.05, 4.69) is 4.98 Å². The molecule has 1 aliphatic heterocycles. The molecule has 1 aliphatic rings. The van der Waals surface area contributed by atoms with Crippen molar-refractivity contribution in [3.05, 3.63) is 39.7 Å². The fraction of sp³-hybridized carbons (Fsp3) is 0.350.